The minimum absolute atomic E-state index is 0.148. The fourth-order valence-corrected chi connectivity index (χ4v) is 8.06. The van der Waals surface area contributed by atoms with Crippen LogP contribution in [0, 0.1) is 0 Å². The van der Waals surface area contributed by atoms with Gasteiger partial charge >= 0.3 is 11.9 Å². The van der Waals surface area contributed by atoms with Crippen molar-refractivity contribution in [1.29, 1.82) is 0 Å². The highest BCUT2D eigenvalue weighted by Gasteiger charge is 2.22. The lowest BCUT2D eigenvalue weighted by atomic mass is 10.0. The zero-order chi connectivity index (χ0) is 48.4. The van der Waals surface area contributed by atoms with Crippen molar-refractivity contribution >= 4 is 17.9 Å². The summed E-state index contributed by atoms with van der Waals surface area (Å²) in [5, 5.41) is 11.7. The molecule has 0 saturated carbocycles. The van der Waals surface area contributed by atoms with Gasteiger partial charge in [0.15, 0.2) is 12.4 Å². The summed E-state index contributed by atoms with van der Waals surface area (Å²) >= 11 is 0. The number of hydrogen-bond donors (Lipinski definition) is 0. The molecule has 0 rings (SSSR count). The summed E-state index contributed by atoms with van der Waals surface area (Å²) in [5.41, 5.74) is 0. The van der Waals surface area contributed by atoms with E-state index in [0.717, 1.165) is 51.4 Å². The Morgan fingerprint density at radius 1 is 0.439 bits per heavy atom. The number of quaternary nitrogens is 1. The van der Waals surface area contributed by atoms with Gasteiger partial charge in [-0.15, -0.1) is 0 Å². The van der Waals surface area contributed by atoms with Gasteiger partial charge in [-0.3, -0.25) is 9.59 Å². The summed E-state index contributed by atoms with van der Waals surface area (Å²) in [6.45, 7) is 4.76. The molecule has 9 nitrogen and oxygen atoms in total. The van der Waals surface area contributed by atoms with Gasteiger partial charge in [0.25, 0.3) is 0 Å². The van der Waals surface area contributed by atoms with Crippen LogP contribution in [0.3, 0.4) is 0 Å². The van der Waals surface area contributed by atoms with E-state index in [9.17, 15) is 19.5 Å². The summed E-state index contributed by atoms with van der Waals surface area (Å²) in [5.74, 6) is -2.28. The number of allylic oxidation sites excluding steroid dienone is 4. The highest BCUT2D eigenvalue weighted by molar-refractivity contribution is 5.70. The molecule has 0 radical (unpaired) electrons. The number of carbonyl (C=O) groups is 3. The number of ether oxygens (including phenoxy) is 4. The molecule has 0 bridgehead atoms. The molecule has 2 atom stereocenters. The standard InChI is InChI=1S/C57H107NO8/c1-6-8-10-12-14-16-18-20-22-23-24-25-26-27-28-29-30-31-32-33-34-36-38-40-42-44-46-48-55(60)66-53(52-65-57(56(61)62)63-50-49-58(3,4)5)51-64-54(59)47-45-43-41-39-37-35-21-19-17-15-13-11-9-7-2/h19,21,23-24,53,57H,6-18,20,22,25-52H2,1-5H3/b21-19-,24-23-. The van der Waals surface area contributed by atoms with E-state index >= 15 is 0 Å². The number of carbonyl (C=O) groups excluding carboxylic acids is 3. The number of esters is 2. The molecule has 388 valence electrons. The molecule has 2 unspecified atom stereocenters. The summed E-state index contributed by atoms with van der Waals surface area (Å²) in [6.07, 6.45) is 53.7. The Morgan fingerprint density at radius 3 is 1.12 bits per heavy atom. The van der Waals surface area contributed by atoms with Crippen molar-refractivity contribution in [3.8, 4) is 0 Å². The molecular formula is C57H107NO8. The van der Waals surface area contributed by atoms with Crippen molar-refractivity contribution in [3.05, 3.63) is 24.3 Å². The van der Waals surface area contributed by atoms with E-state index in [1.165, 1.54) is 180 Å². The molecule has 0 aliphatic carbocycles. The Kier molecular flexibility index (Phi) is 47.5. The molecule has 0 heterocycles. The van der Waals surface area contributed by atoms with E-state index in [4.69, 9.17) is 18.9 Å². The first-order chi connectivity index (χ1) is 32.1. The van der Waals surface area contributed by atoms with Crippen LogP contribution in [0.4, 0.5) is 0 Å². The first kappa shape index (κ1) is 63.8. The SMILES string of the molecule is CCCCCCC/C=C\CCCCCCCC(=O)OCC(COC(OCC[N+](C)(C)C)C(=O)[O-])OC(=O)CCCCCCCCCCCCCCCCC/C=C\CCCCCCCCCC. The largest absolute Gasteiger partial charge is 0.545 e. The van der Waals surface area contributed by atoms with E-state index in [1.807, 2.05) is 21.1 Å². The number of nitrogens with zero attached hydrogens (tertiary/aromatic N) is 1. The van der Waals surface area contributed by atoms with Gasteiger partial charge in [-0.2, -0.15) is 0 Å². The number of carboxylic acids is 1. The molecular weight excluding hydrogens is 827 g/mol. The minimum Gasteiger partial charge on any atom is -0.545 e. The predicted molar refractivity (Wildman–Crippen MR) is 274 cm³/mol. The van der Waals surface area contributed by atoms with Crippen LogP contribution < -0.4 is 5.11 Å². The smallest absolute Gasteiger partial charge is 0.306 e. The van der Waals surface area contributed by atoms with Crippen molar-refractivity contribution in [3.63, 3.8) is 0 Å². The van der Waals surface area contributed by atoms with Crippen LogP contribution in [0.15, 0.2) is 24.3 Å². The van der Waals surface area contributed by atoms with Crippen LogP contribution >= 0.6 is 0 Å². The zero-order valence-electron chi connectivity index (χ0n) is 44.1. The average molecular weight is 934 g/mol. The molecule has 0 aromatic rings. The fraction of sp³-hybridized carbons (Fsp3) is 0.877. The number of likely N-dealkylation sites (N-methyl/N-ethyl adjacent to an activating group) is 1. The van der Waals surface area contributed by atoms with Gasteiger partial charge in [0.05, 0.1) is 40.3 Å². The summed E-state index contributed by atoms with van der Waals surface area (Å²) in [4.78, 5) is 37.2. The number of hydrogen-bond acceptors (Lipinski definition) is 8. The van der Waals surface area contributed by atoms with Gasteiger partial charge in [0.2, 0.25) is 0 Å². The Morgan fingerprint density at radius 2 is 0.773 bits per heavy atom. The zero-order valence-corrected chi connectivity index (χ0v) is 44.1. The third kappa shape index (κ3) is 49.7. The summed E-state index contributed by atoms with van der Waals surface area (Å²) < 4.78 is 22.7. The molecule has 0 fully saturated rings. The van der Waals surface area contributed by atoms with Crippen molar-refractivity contribution in [2.75, 3.05) is 47.5 Å². The van der Waals surface area contributed by atoms with Crippen molar-refractivity contribution in [1.82, 2.24) is 0 Å². The average Bonchev–Trinajstić information content (AvgIpc) is 3.28. The van der Waals surface area contributed by atoms with Crippen LogP contribution in [0.25, 0.3) is 0 Å². The van der Waals surface area contributed by atoms with E-state index in [1.54, 1.807) is 0 Å². The van der Waals surface area contributed by atoms with Gasteiger partial charge in [0.1, 0.15) is 13.2 Å². The number of unbranched alkanes of at least 4 members (excludes halogenated alkanes) is 33. The lowest BCUT2D eigenvalue weighted by molar-refractivity contribution is -0.870. The van der Waals surface area contributed by atoms with Crippen LogP contribution in [-0.4, -0.2) is 82.3 Å². The first-order valence-corrected chi connectivity index (χ1v) is 28.0. The van der Waals surface area contributed by atoms with E-state index in [2.05, 4.69) is 38.2 Å². The Bertz CT molecular complexity index is 1130. The molecule has 0 spiro atoms. The lowest BCUT2D eigenvalue weighted by Gasteiger charge is -2.26. The predicted octanol–water partition coefficient (Wildman–Crippen LogP) is 14.6. The van der Waals surface area contributed by atoms with E-state index in [-0.39, 0.29) is 38.6 Å². The maximum Gasteiger partial charge on any atom is 0.306 e. The van der Waals surface area contributed by atoms with Gasteiger partial charge in [-0.05, 0) is 64.2 Å². The van der Waals surface area contributed by atoms with Crippen LogP contribution in [0.2, 0.25) is 0 Å². The number of rotatable bonds is 52. The topological polar surface area (TPSA) is 111 Å². The first-order valence-electron chi connectivity index (χ1n) is 28.0. The Balaban J connectivity index is 4.18. The molecule has 0 aliphatic rings. The number of carboxylic acid groups (broad SMARTS) is 1. The maximum atomic E-state index is 12.8. The molecule has 9 heteroatoms. The van der Waals surface area contributed by atoms with Crippen LogP contribution in [-0.2, 0) is 33.3 Å². The lowest BCUT2D eigenvalue weighted by Crippen LogP contribution is -2.44. The second-order valence-corrected chi connectivity index (χ2v) is 20.2. The highest BCUT2D eigenvalue weighted by Crippen LogP contribution is 2.16. The third-order valence-corrected chi connectivity index (χ3v) is 12.4. The molecule has 66 heavy (non-hydrogen) atoms. The van der Waals surface area contributed by atoms with Gasteiger partial charge in [0, 0.05) is 12.8 Å². The molecule has 0 aliphatic heterocycles. The fourth-order valence-electron chi connectivity index (χ4n) is 8.06. The quantitative estimate of drug-likeness (QED) is 0.0195. The molecule has 0 N–H and O–H groups in total. The maximum absolute atomic E-state index is 12.8. The van der Waals surface area contributed by atoms with Crippen LogP contribution in [0.5, 0.6) is 0 Å². The minimum atomic E-state index is -1.62. The molecule has 0 saturated heterocycles. The van der Waals surface area contributed by atoms with Crippen molar-refractivity contribution in [2.45, 2.75) is 277 Å². The molecule has 0 aromatic heterocycles. The van der Waals surface area contributed by atoms with Gasteiger partial charge in [-0.1, -0.05) is 212 Å². The third-order valence-electron chi connectivity index (χ3n) is 12.4. The Hall–Kier alpha value is -2.23. The number of aliphatic carboxylic acids is 1. The molecule has 0 amide bonds. The summed E-state index contributed by atoms with van der Waals surface area (Å²) in [6, 6.07) is 0. The molecule has 0 aromatic carbocycles. The van der Waals surface area contributed by atoms with Crippen molar-refractivity contribution < 1.29 is 42.9 Å². The van der Waals surface area contributed by atoms with Crippen molar-refractivity contribution in [2.24, 2.45) is 0 Å². The van der Waals surface area contributed by atoms with E-state index < -0.39 is 24.3 Å². The van der Waals surface area contributed by atoms with Gasteiger partial charge < -0.3 is 33.3 Å². The monoisotopic (exact) mass is 934 g/mol. The highest BCUT2D eigenvalue weighted by atomic mass is 16.7. The second kappa shape index (κ2) is 49.2. The Labute approximate surface area is 407 Å². The normalized spacial score (nSPS) is 12.9. The second-order valence-electron chi connectivity index (χ2n) is 20.2. The van der Waals surface area contributed by atoms with Gasteiger partial charge in [-0.25, -0.2) is 0 Å². The van der Waals surface area contributed by atoms with E-state index in [0.29, 0.717) is 17.4 Å². The summed E-state index contributed by atoms with van der Waals surface area (Å²) in [7, 11) is 5.92. The van der Waals surface area contributed by atoms with Crippen LogP contribution in [0.1, 0.15) is 264 Å².